The molecule has 0 fully saturated rings. The number of anilines is 1. The number of hydrogen-bond donors (Lipinski definition) is 1. The van der Waals surface area contributed by atoms with Crippen LogP contribution in [0.3, 0.4) is 0 Å². The average molecular weight is 499 g/mol. The number of nitrogens with zero attached hydrogens (tertiary/aromatic N) is 6. The third-order valence-electron chi connectivity index (χ3n) is 6.28. The summed E-state index contributed by atoms with van der Waals surface area (Å²) in [5, 5.41) is 22.7. The van der Waals surface area contributed by atoms with Gasteiger partial charge in [0.05, 0.1) is 19.3 Å². The van der Waals surface area contributed by atoms with Gasteiger partial charge in [-0.25, -0.2) is 9.37 Å². The van der Waals surface area contributed by atoms with E-state index in [1.54, 1.807) is 36.0 Å². The van der Waals surface area contributed by atoms with E-state index in [0.29, 0.717) is 48.0 Å². The van der Waals surface area contributed by atoms with E-state index in [2.05, 4.69) is 25.2 Å². The number of pyridine rings is 1. The van der Waals surface area contributed by atoms with Crippen molar-refractivity contribution in [1.29, 1.82) is 0 Å². The van der Waals surface area contributed by atoms with Crippen LogP contribution in [0.5, 0.6) is 17.2 Å². The first-order valence-corrected chi connectivity index (χ1v) is 11.8. The SMILES string of the molecule is COc1ccc(CN2CC(Cc3nnc4ccc(-c5ccc(O)c(F)c5)nn34)Oc3cccnc32)cc1. The smallest absolute Gasteiger partial charge is 0.177 e. The highest BCUT2D eigenvalue weighted by molar-refractivity contribution is 5.61. The van der Waals surface area contributed by atoms with E-state index < -0.39 is 11.6 Å². The van der Waals surface area contributed by atoms with E-state index >= 15 is 0 Å². The molecule has 0 saturated heterocycles. The number of aromatic hydroxyl groups is 1. The molecule has 2 aromatic carbocycles. The van der Waals surface area contributed by atoms with E-state index in [1.165, 1.54) is 12.1 Å². The van der Waals surface area contributed by atoms with Crippen LogP contribution in [-0.4, -0.2) is 49.7 Å². The molecule has 1 aliphatic rings. The molecule has 6 rings (SSSR count). The Labute approximate surface area is 211 Å². The van der Waals surface area contributed by atoms with Crippen LogP contribution < -0.4 is 14.4 Å². The van der Waals surface area contributed by atoms with Crippen LogP contribution >= 0.6 is 0 Å². The first-order valence-electron chi connectivity index (χ1n) is 11.8. The second kappa shape index (κ2) is 9.38. The molecule has 0 bridgehead atoms. The summed E-state index contributed by atoms with van der Waals surface area (Å²) < 4.78 is 27.1. The molecule has 1 N–H and O–H groups in total. The molecular formula is C27H23FN6O3. The number of benzene rings is 2. The van der Waals surface area contributed by atoms with Crippen LogP contribution in [0, 0.1) is 5.82 Å². The van der Waals surface area contributed by atoms with Crippen molar-refractivity contribution >= 4 is 11.5 Å². The van der Waals surface area contributed by atoms with Gasteiger partial charge in [0.2, 0.25) is 0 Å². The van der Waals surface area contributed by atoms with Gasteiger partial charge in [-0.3, -0.25) is 0 Å². The molecule has 1 atom stereocenters. The predicted molar refractivity (Wildman–Crippen MR) is 134 cm³/mol. The Morgan fingerprint density at radius 3 is 2.76 bits per heavy atom. The van der Waals surface area contributed by atoms with Crippen LogP contribution in [0.1, 0.15) is 11.4 Å². The van der Waals surface area contributed by atoms with Crippen LogP contribution in [0.2, 0.25) is 0 Å². The number of aromatic nitrogens is 5. The fraction of sp³-hybridized carbons (Fsp3) is 0.185. The molecule has 10 heteroatoms. The minimum Gasteiger partial charge on any atom is -0.505 e. The highest BCUT2D eigenvalue weighted by Crippen LogP contribution is 2.33. The third-order valence-corrected chi connectivity index (χ3v) is 6.28. The summed E-state index contributed by atoms with van der Waals surface area (Å²) in [6.07, 6.45) is 1.99. The maximum atomic E-state index is 13.9. The number of hydrogen-bond acceptors (Lipinski definition) is 8. The van der Waals surface area contributed by atoms with Gasteiger partial charge in [-0.15, -0.1) is 10.2 Å². The lowest BCUT2D eigenvalue weighted by Gasteiger charge is -2.35. The van der Waals surface area contributed by atoms with Gasteiger partial charge in [0.25, 0.3) is 0 Å². The van der Waals surface area contributed by atoms with E-state index in [4.69, 9.17) is 9.47 Å². The molecule has 0 amide bonds. The lowest BCUT2D eigenvalue weighted by Crippen LogP contribution is -2.41. The fourth-order valence-electron chi connectivity index (χ4n) is 4.44. The Morgan fingerprint density at radius 1 is 1.08 bits per heavy atom. The molecule has 37 heavy (non-hydrogen) atoms. The second-order valence-corrected chi connectivity index (χ2v) is 8.77. The maximum Gasteiger partial charge on any atom is 0.177 e. The van der Waals surface area contributed by atoms with E-state index in [9.17, 15) is 9.50 Å². The molecular weight excluding hydrogens is 475 g/mol. The topological polar surface area (TPSA) is 97.9 Å². The quantitative estimate of drug-likeness (QED) is 0.375. The number of fused-ring (bicyclic) bond motifs is 2. The van der Waals surface area contributed by atoms with E-state index in [1.807, 2.05) is 36.4 Å². The van der Waals surface area contributed by atoms with Crippen molar-refractivity contribution in [1.82, 2.24) is 24.8 Å². The summed E-state index contributed by atoms with van der Waals surface area (Å²) in [6.45, 7) is 1.25. The van der Waals surface area contributed by atoms with Gasteiger partial charge in [-0.05, 0) is 60.2 Å². The second-order valence-electron chi connectivity index (χ2n) is 8.77. The van der Waals surface area contributed by atoms with Crippen molar-refractivity contribution in [2.45, 2.75) is 19.1 Å². The molecule has 9 nitrogen and oxygen atoms in total. The van der Waals surface area contributed by atoms with Crippen molar-refractivity contribution in [3.63, 3.8) is 0 Å². The molecule has 0 saturated carbocycles. The Hall–Kier alpha value is -4.73. The van der Waals surface area contributed by atoms with Crippen molar-refractivity contribution < 1.29 is 19.0 Å². The van der Waals surface area contributed by atoms with Gasteiger partial charge < -0.3 is 19.5 Å². The van der Waals surface area contributed by atoms with E-state index in [-0.39, 0.29) is 6.10 Å². The third kappa shape index (κ3) is 4.49. The molecule has 4 heterocycles. The Balaban J connectivity index is 1.27. The van der Waals surface area contributed by atoms with E-state index in [0.717, 1.165) is 17.1 Å². The zero-order valence-electron chi connectivity index (χ0n) is 20.0. The lowest BCUT2D eigenvalue weighted by atomic mass is 10.1. The minimum atomic E-state index is -0.705. The maximum absolute atomic E-state index is 13.9. The first kappa shape index (κ1) is 22.7. The number of halogens is 1. The van der Waals surface area contributed by atoms with Crippen molar-refractivity contribution in [3.8, 4) is 28.5 Å². The van der Waals surface area contributed by atoms with Gasteiger partial charge in [-0.2, -0.15) is 9.61 Å². The number of phenolic OH excluding ortho intramolecular Hbond substituents is 1. The molecule has 0 radical (unpaired) electrons. The molecule has 186 valence electrons. The summed E-state index contributed by atoms with van der Waals surface area (Å²) in [5.74, 6) is 1.81. The van der Waals surface area contributed by atoms with Gasteiger partial charge in [0.1, 0.15) is 11.9 Å². The summed E-state index contributed by atoms with van der Waals surface area (Å²) in [4.78, 5) is 6.74. The summed E-state index contributed by atoms with van der Waals surface area (Å²) >= 11 is 0. The zero-order chi connectivity index (χ0) is 25.4. The molecule has 1 unspecified atom stereocenters. The Morgan fingerprint density at radius 2 is 1.95 bits per heavy atom. The highest BCUT2D eigenvalue weighted by atomic mass is 19.1. The van der Waals surface area contributed by atoms with Crippen LogP contribution in [0.15, 0.2) is 72.9 Å². The number of ether oxygens (including phenoxy) is 2. The average Bonchev–Trinajstić information content (AvgIpc) is 3.32. The predicted octanol–water partition coefficient (Wildman–Crippen LogP) is 4.05. The number of methoxy groups -OCH3 is 1. The first-order chi connectivity index (χ1) is 18.1. The summed E-state index contributed by atoms with van der Waals surface area (Å²) in [5.41, 5.74) is 2.77. The fourth-order valence-corrected chi connectivity index (χ4v) is 4.44. The van der Waals surface area contributed by atoms with Crippen LogP contribution in [-0.2, 0) is 13.0 Å². The van der Waals surface area contributed by atoms with Crippen molar-refractivity contribution in [2.75, 3.05) is 18.6 Å². The standard InChI is InChI=1S/C27H23FN6O3/c1-36-19-7-4-17(5-8-19)15-33-16-20(37-24-3-2-12-29-27(24)33)14-26-31-30-25-11-9-22(32-34(25)26)18-6-10-23(35)21(28)13-18/h2-13,20,35H,14-16H2,1H3. The van der Waals surface area contributed by atoms with Gasteiger partial charge in [0.15, 0.2) is 34.6 Å². The Bertz CT molecular complexity index is 1570. The number of rotatable bonds is 6. The molecule has 5 aromatic rings. The number of phenols is 1. The zero-order valence-corrected chi connectivity index (χ0v) is 20.0. The van der Waals surface area contributed by atoms with Gasteiger partial charge >= 0.3 is 0 Å². The van der Waals surface area contributed by atoms with Crippen LogP contribution in [0.4, 0.5) is 10.2 Å². The summed E-state index contributed by atoms with van der Waals surface area (Å²) in [7, 11) is 1.65. The molecule has 3 aromatic heterocycles. The Kier molecular flexibility index (Phi) is 5.76. The normalized spacial score (nSPS) is 14.9. The van der Waals surface area contributed by atoms with Crippen molar-refractivity contribution in [3.05, 3.63) is 90.1 Å². The molecule has 0 aliphatic carbocycles. The van der Waals surface area contributed by atoms with Crippen LogP contribution in [0.25, 0.3) is 16.9 Å². The van der Waals surface area contributed by atoms with Gasteiger partial charge in [0, 0.05) is 24.7 Å². The largest absolute Gasteiger partial charge is 0.505 e. The minimum absolute atomic E-state index is 0.223. The lowest BCUT2D eigenvalue weighted by molar-refractivity contribution is 0.188. The monoisotopic (exact) mass is 498 g/mol. The van der Waals surface area contributed by atoms with Gasteiger partial charge in [-0.1, -0.05) is 12.1 Å². The highest BCUT2D eigenvalue weighted by Gasteiger charge is 2.28. The van der Waals surface area contributed by atoms with Crippen molar-refractivity contribution in [2.24, 2.45) is 0 Å². The summed E-state index contributed by atoms with van der Waals surface area (Å²) in [6, 6.07) is 19.4. The molecule has 1 aliphatic heterocycles. The molecule has 0 spiro atoms.